The summed E-state index contributed by atoms with van der Waals surface area (Å²) in [6, 6.07) is 13.9. The second-order valence-electron chi connectivity index (χ2n) is 9.90. The maximum atomic E-state index is 13.6. The highest BCUT2D eigenvalue weighted by atomic mass is 32.2. The standard InChI is InChI=1S/C29H34N4O8S/c1-4-40-28(34)25-19(2)31-20(3)26(27(25)21-9-8-10-22(17-21)33(36)37)29(35)41-16-15-32-14-13-30-18-24(32)42(38,39)23-11-6-5-7-12-23/h5-12,17,24,27,30-31H,4,13-16,18H2,1-3H3. The Kier molecular flexibility index (Phi) is 9.76. The lowest BCUT2D eigenvalue weighted by atomic mass is 9.80. The fraction of sp³-hybridized carbons (Fsp3) is 0.379. The zero-order valence-electron chi connectivity index (χ0n) is 23.7. The fourth-order valence-corrected chi connectivity index (χ4v) is 7.07. The van der Waals surface area contributed by atoms with Gasteiger partial charge < -0.3 is 20.1 Å². The minimum Gasteiger partial charge on any atom is -0.463 e. The van der Waals surface area contributed by atoms with Crippen LogP contribution in [-0.2, 0) is 28.9 Å². The van der Waals surface area contributed by atoms with Crippen LogP contribution in [0.3, 0.4) is 0 Å². The minimum atomic E-state index is -3.68. The van der Waals surface area contributed by atoms with Crippen LogP contribution in [0.1, 0.15) is 32.3 Å². The van der Waals surface area contributed by atoms with Gasteiger partial charge in [0.15, 0.2) is 9.84 Å². The van der Waals surface area contributed by atoms with Gasteiger partial charge in [-0.25, -0.2) is 18.0 Å². The van der Waals surface area contributed by atoms with E-state index in [-0.39, 0.29) is 48.0 Å². The molecule has 0 amide bonds. The predicted molar refractivity (Wildman–Crippen MR) is 154 cm³/mol. The molecule has 13 heteroatoms. The van der Waals surface area contributed by atoms with E-state index in [9.17, 15) is 28.1 Å². The third-order valence-corrected chi connectivity index (χ3v) is 9.34. The van der Waals surface area contributed by atoms with E-state index in [1.165, 1.54) is 18.2 Å². The maximum absolute atomic E-state index is 13.6. The number of sulfone groups is 1. The van der Waals surface area contributed by atoms with Gasteiger partial charge in [0, 0.05) is 49.7 Å². The van der Waals surface area contributed by atoms with E-state index < -0.39 is 38.0 Å². The van der Waals surface area contributed by atoms with Crippen molar-refractivity contribution in [2.45, 2.75) is 37.0 Å². The van der Waals surface area contributed by atoms with Crippen molar-refractivity contribution in [3.8, 4) is 0 Å². The van der Waals surface area contributed by atoms with Crippen LogP contribution >= 0.6 is 0 Å². The summed E-state index contributed by atoms with van der Waals surface area (Å²) in [5.41, 5.74) is 1.30. The van der Waals surface area contributed by atoms with E-state index in [1.54, 1.807) is 62.1 Å². The van der Waals surface area contributed by atoms with Gasteiger partial charge in [-0.15, -0.1) is 0 Å². The molecule has 1 fully saturated rings. The number of non-ortho nitro benzene ring substituents is 1. The average Bonchev–Trinajstić information content (AvgIpc) is 2.97. The molecule has 224 valence electrons. The summed E-state index contributed by atoms with van der Waals surface area (Å²) in [7, 11) is -3.68. The van der Waals surface area contributed by atoms with Gasteiger partial charge in [0.1, 0.15) is 12.0 Å². The van der Waals surface area contributed by atoms with Gasteiger partial charge in [-0.2, -0.15) is 0 Å². The summed E-state index contributed by atoms with van der Waals surface area (Å²) in [4.78, 5) is 39.6. The Labute approximate surface area is 244 Å². The highest BCUT2D eigenvalue weighted by Crippen LogP contribution is 2.40. The summed E-state index contributed by atoms with van der Waals surface area (Å²) in [5.74, 6) is -2.38. The third-order valence-electron chi connectivity index (χ3n) is 7.23. The summed E-state index contributed by atoms with van der Waals surface area (Å²) in [6.07, 6.45) is 0. The molecule has 2 heterocycles. The number of rotatable bonds is 10. The van der Waals surface area contributed by atoms with Crippen LogP contribution in [-0.4, -0.2) is 74.9 Å². The summed E-state index contributed by atoms with van der Waals surface area (Å²) in [5, 5.41) is 16.8. The van der Waals surface area contributed by atoms with Crippen LogP contribution in [0.15, 0.2) is 82.0 Å². The number of nitro groups is 1. The van der Waals surface area contributed by atoms with Crippen molar-refractivity contribution in [1.29, 1.82) is 0 Å². The lowest BCUT2D eigenvalue weighted by molar-refractivity contribution is -0.384. The molecule has 2 aromatic rings. The zero-order valence-corrected chi connectivity index (χ0v) is 24.5. The molecule has 42 heavy (non-hydrogen) atoms. The molecule has 2 N–H and O–H groups in total. The number of benzene rings is 2. The number of hydrogen-bond donors (Lipinski definition) is 2. The number of carbonyl (C=O) groups excluding carboxylic acids is 2. The van der Waals surface area contributed by atoms with Crippen molar-refractivity contribution in [3.63, 3.8) is 0 Å². The number of ether oxygens (including phenoxy) is 2. The van der Waals surface area contributed by atoms with Crippen molar-refractivity contribution in [2.75, 3.05) is 39.4 Å². The first-order valence-corrected chi connectivity index (χ1v) is 15.1. The molecule has 2 unspecified atom stereocenters. The van der Waals surface area contributed by atoms with E-state index in [0.29, 0.717) is 30.0 Å². The molecule has 4 rings (SSSR count). The van der Waals surface area contributed by atoms with Crippen LogP contribution < -0.4 is 10.6 Å². The Hall–Kier alpha value is -4.07. The van der Waals surface area contributed by atoms with Crippen molar-refractivity contribution >= 4 is 27.5 Å². The Bertz CT molecular complexity index is 1520. The number of dihydropyridines is 1. The molecule has 0 aliphatic carbocycles. The molecule has 12 nitrogen and oxygen atoms in total. The van der Waals surface area contributed by atoms with E-state index in [1.807, 2.05) is 0 Å². The Balaban J connectivity index is 1.58. The first kappa shape index (κ1) is 30.9. The van der Waals surface area contributed by atoms with Crippen molar-refractivity contribution in [3.05, 3.63) is 92.8 Å². The molecule has 0 bridgehead atoms. The Morgan fingerprint density at radius 2 is 1.69 bits per heavy atom. The van der Waals surface area contributed by atoms with Gasteiger partial charge in [0.2, 0.25) is 0 Å². The third kappa shape index (κ3) is 6.53. The minimum absolute atomic E-state index is 0.0947. The smallest absolute Gasteiger partial charge is 0.336 e. The summed E-state index contributed by atoms with van der Waals surface area (Å²) >= 11 is 0. The van der Waals surface area contributed by atoms with Gasteiger partial charge in [-0.1, -0.05) is 30.3 Å². The molecule has 1 saturated heterocycles. The van der Waals surface area contributed by atoms with Crippen molar-refractivity contribution < 1.29 is 32.4 Å². The van der Waals surface area contributed by atoms with Gasteiger partial charge >= 0.3 is 11.9 Å². The lowest BCUT2D eigenvalue weighted by Crippen LogP contribution is -2.55. The van der Waals surface area contributed by atoms with Gasteiger partial charge in [-0.05, 0) is 38.5 Å². The number of hydrogen-bond acceptors (Lipinski definition) is 11. The number of nitrogens with zero attached hydrogens (tertiary/aromatic N) is 2. The summed E-state index contributed by atoms with van der Waals surface area (Å²) in [6.45, 7) is 6.35. The zero-order chi connectivity index (χ0) is 30.4. The van der Waals surface area contributed by atoms with Crippen LogP contribution in [0.25, 0.3) is 0 Å². The van der Waals surface area contributed by atoms with Gasteiger partial charge in [0.25, 0.3) is 5.69 Å². The van der Waals surface area contributed by atoms with E-state index >= 15 is 0 Å². The SMILES string of the molecule is CCOC(=O)C1=C(C)NC(C)=C(C(=O)OCCN2CCNCC2S(=O)(=O)c2ccccc2)C1c1cccc([N+](=O)[O-])c1. The fourth-order valence-electron chi connectivity index (χ4n) is 5.28. The highest BCUT2D eigenvalue weighted by molar-refractivity contribution is 7.92. The first-order valence-electron chi connectivity index (χ1n) is 13.6. The number of esters is 2. The highest BCUT2D eigenvalue weighted by Gasteiger charge is 2.39. The normalized spacial score (nSPS) is 19.7. The van der Waals surface area contributed by atoms with Crippen LogP contribution in [0.5, 0.6) is 0 Å². The predicted octanol–water partition coefficient (Wildman–Crippen LogP) is 2.64. The molecule has 2 aliphatic heterocycles. The maximum Gasteiger partial charge on any atom is 0.336 e. The van der Waals surface area contributed by atoms with E-state index in [4.69, 9.17) is 9.47 Å². The summed E-state index contributed by atoms with van der Waals surface area (Å²) < 4.78 is 37.6. The molecule has 0 aromatic heterocycles. The molecule has 2 aromatic carbocycles. The number of nitro benzene ring substituents is 1. The molecule has 0 saturated carbocycles. The number of nitrogens with one attached hydrogen (secondary N) is 2. The van der Waals surface area contributed by atoms with E-state index in [0.717, 1.165) is 0 Å². The molecule has 2 atom stereocenters. The van der Waals surface area contributed by atoms with Gasteiger partial charge in [-0.3, -0.25) is 15.0 Å². The molecule has 0 spiro atoms. The molecule has 0 radical (unpaired) electrons. The second kappa shape index (κ2) is 13.3. The number of allylic oxidation sites excluding steroid dienone is 2. The number of carbonyl (C=O) groups is 2. The topological polar surface area (TPSA) is 157 Å². The number of piperazine rings is 1. The lowest BCUT2D eigenvalue weighted by Gasteiger charge is -2.35. The Morgan fingerprint density at radius 3 is 2.33 bits per heavy atom. The first-order chi connectivity index (χ1) is 20.1. The Morgan fingerprint density at radius 1 is 1.02 bits per heavy atom. The van der Waals surface area contributed by atoms with Crippen molar-refractivity contribution in [2.24, 2.45) is 0 Å². The average molecular weight is 599 g/mol. The molecular weight excluding hydrogens is 564 g/mol. The van der Waals surface area contributed by atoms with Crippen LogP contribution in [0.4, 0.5) is 5.69 Å². The van der Waals surface area contributed by atoms with Gasteiger partial charge in [0.05, 0.1) is 33.5 Å². The van der Waals surface area contributed by atoms with Crippen LogP contribution in [0.2, 0.25) is 0 Å². The van der Waals surface area contributed by atoms with Crippen LogP contribution in [0, 0.1) is 10.1 Å². The largest absolute Gasteiger partial charge is 0.463 e. The monoisotopic (exact) mass is 598 g/mol. The van der Waals surface area contributed by atoms with E-state index in [2.05, 4.69) is 10.6 Å². The second-order valence-corrected chi connectivity index (χ2v) is 12.0. The van der Waals surface area contributed by atoms with Crippen molar-refractivity contribution in [1.82, 2.24) is 15.5 Å². The quantitative estimate of drug-likeness (QED) is 0.235. The molecular formula is C29H34N4O8S. The molecule has 2 aliphatic rings.